The second kappa shape index (κ2) is 6.95. The van der Waals surface area contributed by atoms with Crippen LogP contribution >= 0.6 is 11.6 Å². The van der Waals surface area contributed by atoms with Gasteiger partial charge in [0.2, 0.25) is 0 Å². The summed E-state index contributed by atoms with van der Waals surface area (Å²) < 4.78 is 5.50. The lowest BCUT2D eigenvalue weighted by Crippen LogP contribution is -2.05. The van der Waals surface area contributed by atoms with Crippen LogP contribution < -0.4 is 10.1 Å². The Morgan fingerprint density at radius 3 is 2.76 bits per heavy atom. The summed E-state index contributed by atoms with van der Waals surface area (Å²) in [5.74, 6) is 0.719. The van der Waals surface area contributed by atoms with Gasteiger partial charge in [-0.3, -0.25) is 10.1 Å². The Labute approximate surface area is 127 Å². The van der Waals surface area contributed by atoms with Crippen molar-refractivity contribution in [1.82, 2.24) is 0 Å². The molecule has 110 valence electrons. The number of hydrogen-bond acceptors (Lipinski definition) is 4. The molecule has 0 heterocycles. The van der Waals surface area contributed by atoms with Crippen molar-refractivity contribution in [2.24, 2.45) is 0 Å². The molecular weight excluding hydrogens is 292 g/mol. The predicted octanol–water partition coefficient (Wildman–Crippen LogP) is 4.26. The van der Waals surface area contributed by atoms with Crippen LogP contribution in [0.5, 0.6) is 5.75 Å². The minimum atomic E-state index is -0.433. The van der Waals surface area contributed by atoms with Gasteiger partial charge in [-0.05, 0) is 31.2 Å². The first kappa shape index (κ1) is 15.1. The molecule has 0 aliphatic carbocycles. The number of anilines is 1. The number of halogens is 1. The number of rotatable bonds is 6. The molecule has 2 aromatic rings. The second-order valence-corrected chi connectivity index (χ2v) is 4.75. The third-order valence-electron chi connectivity index (χ3n) is 2.90. The van der Waals surface area contributed by atoms with Gasteiger partial charge in [-0.25, -0.2) is 0 Å². The number of hydrogen-bond donors (Lipinski definition) is 1. The highest BCUT2D eigenvalue weighted by Gasteiger charge is 2.14. The second-order valence-electron chi connectivity index (χ2n) is 4.31. The summed E-state index contributed by atoms with van der Waals surface area (Å²) in [7, 11) is 0. The fourth-order valence-electron chi connectivity index (χ4n) is 1.94. The van der Waals surface area contributed by atoms with E-state index in [0.29, 0.717) is 23.7 Å². The summed E-state index contributed by atoms with van der Waals surface area (Å²) in [6.45, 7) is 2.78. The highest BCUT2D eigenvalue weighted by atomic mass is 35.5. The molecule has 2 rings (SSSR count). The molecule has 0 saturated heterocycles. The van der Waals surface area contributed by atoms with E-state index in [1.54, 1.807) is 12.1 Å². The maximum Gasteiger partial charge on any atom is 0.275 e. The minimum absolute atomic E-state index is 0.00360. The van der Waals surface area contributed by atoms with E-state index in [-0.39, 0.29) is 5.69 Å². The third-order valence-corrected chi connectivity index (χ3v) is 3.14. The minimum Gasteiger partial charge on any atom is -0.492 e. The summed E-state index contributed by atoms with van der Waals surface area (Å²) in [6.07, 6.45) is 0. The molecule has 0 aromatic heterocycles. The molecule has 0 aliphatic heterocycles. The maximum atomic E-state index is 11.0. The highest BCUT2D eigenvalue weighted by Crippen LogP contribution is 2.27. The Balaban J connectivity index is 2.19. The lowest BCUT2D eigenvalue weighted by molar-refractivity contribution is -0.385. The van der Waals surface area contributed by atoms with Crippen LogP contribution in [0.2, 0.25) is 5.02 Å². The number of nitrogens with one attached hydrogen (secondary N) is 1. The van der Waals surface area contributed by atoms with Crippen LogP contribution in [0.3, 0.4) is 0 Å². The van der Waals surface area contributed by atoms with Gasteiger partial charge >= 0.3 is 0 Å². The summed E-state index contributed by atoms with van der Waals surface area (Å²) in [6, 6.07) is 12.1. The standard InChI is InChI=1S/C15H15ClN2O3/c1-2-21-15-6-4-3-5-13(15)17-10-11-7-8-12(16)9-14(11)18(19)20/h3-9,17H,2,10H2,1H3. The van der Waals surface area contributed by atoms with Crippen LogP contribution in [-0.4, -0.2) is 11.5 Å². The lowest BCUT2D eigenvalue weighted by Gasteiger charge is -2.12. The summed E-state index contributed by atoms with van der Waals surface area (Å²) in [5.41, 5.74) is 1.36. The Kier molecular flexibility index (Phi) is 5.00. The van der Waals surface area contributed by atoms with E-state index >= 15 is 0 Å². The fourth-order valence-corrected chi connectivity index (χ4v) is 2.11. The number of nitro groups is 1. The van der Waals surface area contributed by atoms with Gasteiger partial charge in [0.25, 0.3) is 5.69 Å². The van der Waals surface area contributed by atoms with Gasteiger partial charge in [0.1, 0.15) is 5.75 Å². The van der Waals surface area contributed by atoms with E-state index in [0.717, 1.165) is 11.4 Å². The van der Waals surface area contributed by atoms with E-state index in [9.17, 15) is 10.1 Å². The molecule has 21 heavy (non-hydrogen) atoms. The van der Waals surface area contributed by atoms with Crippen LogP contribution in [0.15, 0.2) is 42.5 Å². The average molecular weight is 307 g/mol. The summed E-state index contributed by atoms with van der Waals surface area (Å²) in [5, 5.41) is 14.6. The van der Waals surface area contributed by atoms with Gasteiger partial charge < -0.3 is 10.1 Å². The Morgan fingerprint density at radius 2 is 2.05 bits per heavy atom. The van der Waals surface area contributed by atoms with Gasteiger partial charge in [-0.15, -0.1) is 0 Å². The smallest absolute Gasteiger partial charge is 0.275 e. The predicted molar refractivity (Wildman–Crippen MR) is 83.0 cm³/mol. The van der Waals surface area contributed by atoms with Crippen LogP contribution in [0, 0.1) is 10.1 Å². The van der Waals surface area contributed by atoms with E-state index in [2.05, 4.69) is 5.32 Å². The molecule has 0 bridgehead atoms. The first-order valence-electron chi connectivity index (χ1n) is 6.50. The van der Waals surface area contributed by atoms with Crippen LogP contribution in [0.25, 0.3) is 0 Å². The quantitative estimate of drug-likeness (QED) is 0.640. The molecule has 0 aliphatic rings. The van der Waals surface area contributed by atoms with Crippen molar-refractivity contribution in [3.8, 4) is 5.75 Å². The number of benzene rings is 2. The molecule has 6 heteroatoms. The van der Waals surface area contributed by atoms with E-state index in [4.69, 9.17) is 16.3 Å². The monoisotopic (exact) mass is 306 g/mol. The Bertz CT molecular complexity index is 647. The lowest BCUT2D eigenvalue weighted by atomic mass is 10.1. The molecule has 0 radical (unpaired) electrons. The molecule has 0 spiro atoms. The van der Waals surface area contributed by atoms with Crippen molar-refractivity contribution in [2.45, 2.75) is 13.5 Å². The zero-order valence-electron chi connectivity index (χ0n) is 11.5. The fraction of sp³-hybridized carbons (Fsp3) is 0.200. The number of ether oxygens (including phenoxy) is 1. The Hall–Kier alpha value is -2.27. The first-order valence-corrected chi connectivity index (χ1v) is 6.88. The van der Waals surface area contributed by atoms with Crippen LogP contribution in [-0.2, 0) is 6.54 Å². The topological polar surface area (TPSA) is 64.4 Å². The number of nitro benzene ring substituents is 1. The van der Waals surface area contributed by atoms with Crippen molar-refractivity contribution in [3.63, 3.8) is 0 Å². The molecule has 2 aromatic carbocycles. The highest BCUT2D eigenvalue weighted by molar-refractivity contribution is 6.30. The van der Waals surface area contributed by atoms with Gasteiger partial charge in [0.15, 0.2) is 0 Å². The van der Waals surface area contributed by atoms with Gasteiger partial charge in [0.05, 0.1) is 17.2 Å². The Morgan fingerprint density at radius 1 is 1.29 bits per heavy atom. The molecule has 5 nitrogen and oxygen atoms in total. The molecule has 0 saturated carbocycles. The number of para-hydroxylation sites is 2. The van der Waals surface area contributed by atoms with Crippen molar-refractivity contribution >= 4 is 23.0 Å². The van der Waals surface area contributed by atoms with E-state index in [1.807, 2.05) is 31.2 Å². The summed E-state index contributed by atoms with van der Waals surface area (Å²) in [4.78, 5) is 10.6. The van der Waals surface area contributed by atoms with Crippen molar-refractivity contribution in [3.05, 3.63) is 63.2 Å². The molecular formula is C15H15ClN2O3. The van der Waals surface area contributed by atoms with Crippen molar-refractivity contribution in [2.75, 3.05) is 11.9 Å². The third kappa shape index (κ3) is 3.86. The molecule has 0 fully saturated rings. The molecule has 0 unspecified atom stereocenters. The summed E-state index contributed by atoms with van der Waals surface area (Å²) >= 11 is 5.80. The molecule has 1 N–H and O–H groups in total. The van der Waals surface area contributed by atoms with Crippen molar-refractivity contribution < 1.29 is 9.66 Å². The SMILES string of the molecule is CCOc1ccccc1NCc1ccc(Cl)cc1[N+](=O)[O-]. The van der Waals surface area contributed by atoms with Crippen LogP contribution in [0.4, 0.5) is 11.4 Å². The first-order chi connectivity index (χ1) is 10.1. The van der Waals surface area contributed by atoms with E-state index < -0.39 is 4.92 Å². The molecule has 0 atom stereocenters. The van der Waals surface area contributed by atoms with Gasteiger partial charge in [-0.1, -0.05) is 23.7 Å². The largest absolute Gasteiger partial charge is 0.492 e. The van der Waals surface area contributed by atoms with Gasteiger partial charge in [-0.2, -0.15) is 0 Å². The maximum absolute atomic E-state index is 11.0. The normalized spacial score (nSPS) is 10.2. The average Bonchev–Trinajstić information content (AvgIpc) is 2.47. The molecule has 0 amide bonds. The van der Waals surface area contributed by atoms with E-state index in [1.165, 1.54) is 6.07 Å². The zero-order chi connectivity index (χ0) is 15.2. The van der Waals surface area contributed by atoms with Gasteiger partial charge in [0, 0.05) is 23.2 Å². The van der Waals surface area contributed by atoms with Crippen molar-refractivity contribution in [1.29, 1.82) is 0 Å². The van der Waals surface area contributed by atoms with Crippen LogP contribution in [0.1, 0.15) is 12.5 Å². The number of nitrogens with zero attached hydrogens (tertiary/aromatic N) is 1. The zero-order valence-corrected chi connectivity index (χ0v) is 12.3.